The molecule has 0 atom stereocenters. The summed E-state index contributed by atoms with van der Waals surface area (Å²) in [6.45, 7) is 4.10. The van der Waals surface area contributed by atoms with Gasteiger partial charge in [0.15, 0.2) is 5.03 Å². The minimum absolute atomic E-state index is 0.0108. The molecule has 7 nitrogen and oxygen atoms in total. The fourth-order valence-electron chi connectivity index (χ4n) is 1.70. The van der Waals surface area contributed by atoms with E-state index in [0.29, 0.717) is 12.8 Å². The maximum absolute atomic E-state index is 11.9. The summed E-state index contributed by atoms with van der Waals surface area (Å²) >= 11 is 0. The third-order valence-corrected chi connectivity index (χ3v) is 4.41. The van der Waals surface area contributed by atoms with E-state index in [1.165, 1.54) is 12.5 Å². The highest BCUT2D eigenvalue weighted by molar-refractivity contribution is 7.89. The highest BCUT2D eigenvalue weighted by Crippen LogP contribution is 2.26. The van der Waals surface area contributed by atoms with E-state index in [1.54, 1.807) is 11.6 Å². The van der Waals surface area contributed by atoms with Crippen molar-refractivity contribution in [2.45, 2.75) is 38.1 Å². The Hall–Kier alpha value is -1.41. The van der Waals surface area contributed by atoms with E-state index in [0.717, 1.165) is 0 Å². The van der Waals surface area contributed by atoms with Crippen molar-refractivity contribution in [3.8, 4) is 0 Å². The van der Waals surface area contributed by atoms with Gasteiger partial charge in [-0.3, -0.25) is 4.79 Å². The zero-order valence-electron chi connectivity index (χ0n) is 12.0. The highest BCUT2D eigenvalue weighted by Gasteiger charge is 2.21. The van der Waals surface area contributed by atoms with Crippen LogP contribution < -0.4 is 4.72 Å². The molecule has 0 radical (unpaired) electrons. The number of aryl methyl sites for hydroxylation is 1. The van der Waals surface area contributed by atoms with E-state index in [-0.39, 0.29) is 23.4 Å². The Bertz CT molecular complexity index is 563. The van der Waals surface area contributed by atoms with Crippen LogP contribution >= 0.6 is 0 Å². The van der Waals surface area contributed by atoms with Crippen LogP contribution in [-0.2, 0) is 21.9 Å². The molecule has 1 rings (SSSR count). The first-order valence-corrected chi connectivity index (χ1v) is 7.80. The molecule has 0 unspecified atom stereocenters. The molecular formula is C12H21N3O4S. The number of carbonyl (C=O) groups is 1. The van der Waals surface area contributed by atoms with Crippen molar-refractivity contribution < 1.29 is 18.3 Å². The second-order valence-corrected chi connectivity index (χ2v) is 7.30. The normalized spacial score (nSPS) is 12.6. The highest BCUT2D eigenvalue weighted by atomic mass is 32.2. The van der Waals surface area contributed by atoms with Gasteiger partial charge < -0.3 is 9.67 Å². The molecule has 0 saturated carbocycles. The molecule has 0 bridgehead atoms. The second-order valence-electron chi connectivity index (χ2n) is 5.58. The molecule has 1 aromatic rings. The number of hydrogen-bond donors (Lipinski definition) is 2. The molecule has 1 aromatic heterocycles. The molecule has 2 N–H and O–H groups in total. The molecule has 0 aliphatic heterocycles. The number of nitrogens with one attached hydrogen (secondary N) is 1. The van der Waals surface area contributed by atoms with Crippen LogP contribution in [0.5, 0.6) is 0 Å². The molecular weight excluding hydrogens is 282 g/mol. The van der Waals surface area contributed by atoms with Crippen LogP contribution in [0, 0.1) is 5.41 Å². The smallest absolute Gasteiger partial charge is 0.303 e. The maximum atomic E-state index is 11.9. The van der Waals surface area contributed by atoms with Gasteiger partial charge in [-0.1, -0.05) is 13.8 Å². The van der Waals surface area contributed by atoms with Crippen LogP contribution in [0.25, 0.3) is 0 Å². The number of imidazole rings is 1. The van der Waals surface area contributed by atoms with Crippen molar-refractivity contribution in [3.63, 3.8) is 0 Å². The average molecular weight is 303 g/mol. The number of carboxylic acid groups (broad SMARTS) is 1. The van der Waals surface area contributed by atoms with Gasteiger partial charge >= 0.3 is 5.97 Å². The van der Waals surface area contributed by atoms with Gasteiger partial charge in [-0.2, -0.15) is 0 Å². The largest absolute Gasteiger partial charge is 0.481 e. The molecule has 0 fully saturated rings. The van der Waals surface area contributed by atoms with Crippen molar-refractivity contribution in [1.29, 1.82) is 0 Å². The Kier molecular flexibility index (Phi) is 5.29. The summed E-state index contributed by atoms with van der Waals surface area (Å²) in [4.78, 5) is 14.3. The zero-order chi connectivity index (χ0) is 15.4. The quantitative estimate of drug-likeness (QED) is 0.745. The van der Waals surface area contributed by atoms with Gasteiger partial charge in [-0.05, 0) is 18.3 Å². The van der Waals surface area contributed by atoms with Gasteiger partial charge in [-0.25, -0.2) is 18.1 Å². The van der Waals surface area contributed by atoms with Crippen LogP contribution in [0.2, 0.25) is 0 Å². The molecule has 0 aliphatic carbocycles. The summed E-state index contributed by atoms with van der Waals surface area (Å²) in [5.74, 6) is -0.841. The van der Waals surface area contributed by atoms with Crippen LogP contribution in [0.15, 0.2) is 17.6 Å². The lowest BCUT2D eigenvalue weighted by molar-refractivity contribution is -0.137. The standard InChI is InChI=1S/C12H21N3O4S/c1-12(2,5-4-11(16)17)6-7-14-20(18,19)10-8-15(3)9-13-10/h8-9,14H,4-7H2,1-3H3,(H,16,17). The third kappa shape index (κ3) is 5.30. The van der Waals surface area contributed by atoms with Gasteiger partial charge in [0.25, 0.3) is 10.0 Å². The van der Waals surface area contributed by atoms with Crippen molar-refractivity contribution in [3.05, 3.63) is 12.5 Å². The van der Waals surface area contributed by atoms with E-state index in [9.17, 15) is 13.2 Å². The minimum Gasteiger partial charge on any atom is -0.481 e. The first-order valence-electron chi connectivity index (χ1n) is 6.32. The summed E-state index contributed by atoms with van der Waals surface area (Å²) in [5.41, 5.74) is -0.231. The lowest BCUT2D eigenvalue weighted by atomic mass is 9.84. The molecule has 0 spiro atoms. The summed E-state index contributed by atoms with van der Waals surface area (Å²) in [5, 5.41) is 8.65. The van der Waals surface area contributed by atoms with Crippen molar-refractivity contribution >= 4 is 16.0 Å². The van der Waals surface area contributed by atoms with Gasteiger partial charge in [0.05, 0.1) is 6.33 Å². The first-order chi connectivity index (χ1) is 9.12. The molecule has 20 heavy (non-hydrogen) atoms. The van der Waals surface area contributed by atoms with Crippen LogP contribution in [0.1, 0.15) is 33.1 Å². The van der Waals surface area contributed by atoms with Gasteiger partial charge in [-0.15, -0.1) is 0 Å². The lowest BCUT2D eigenvalue weighted by Crippen LogP contribution is -2.28. The minimum atomic E-state index is -3.59. The van der Waals surface area contributed by atoms with E-state index in [2.05, 4.69) is 9.71 Å². The monoisotopic (exact) mass is 303 g/mol. The van der Waals surface area contributed by atoms with Crippen molar-refractivity contribution in [2.75, 3.05) is 6.54 Å². The van der Waals surface area contributed by atoms with E-state index in [1.807, 2.05) is 13.8 Å². The summed E-state index contributed by atoms with van der Waals surface area (Å²) in [7, 11) is -1.90. The summed E-state index contributed by atoms with van der Waals surface area (Å²) in [6.07, 6.45) is 4.00. The number of rotatable bonds is 8. The van der Waals surface area contributed by atoms with Crippen molar-refractivity contribution in [2.24, 2.45) is 12.5 Å². The van der Waals surface area contributed by atoms with E-state index >= 15 is 0 Å². The number of aliphatic carboxylic acids is 1. The van der Waals surface area contributed by atoms with E-state index < -0.39 is 16.0 Å². The third-order valence-electron chi connectivity index (χ3n) is 3.07. The molecule has 0 aliphatic rings. The molecule has 114 valence electrons. The average Bonchev–Trinajstić information content (AvgIpc) is 2.74. The SMILES string of the molecule is Cn1cnc(S(=O)(=O)NCCC(C)(C)CCC(=O)O)c1. The maximum Gasteiger partial charge on any atom is 0.303 e. The van der Waals surface area contributed by atoms with Crippen LogP contribution in [0.3, 0.4) is 0 Å². The number of hydrogen-bond acceptors (Lipinski definition) is 4. The Balaban J connectivity index is 2.49. The van der Waals surface area contributed by atoms with Gasteiger partial charge in [0, 0.05) is 26.2 Å². The fraction of sp³-hybridized carbons (Fsp3) is 0.667. The summed E-state index contributed by atoms with van der Waals surface area (Å²) < 4.78 is 27.9. The summed E-state index contributed by atoms with van der Waals surface area (Å²) in [6, 6.07) is 0. The number of aromatic nitrogens is 2. The number of carboxylic acids is 1. The van der Waals surface area contributed by atoms with Gasteiger partial charge in [0.2, 0.25) is 0 Å². The molecule has 0 aromatic carbocycles. The van der Waals surface area contributed by atoms with Crippen LogP contribution in [-0.4, -0.2) is 35.6 Å². The molecule has 8 heteroatoms. The fourth-order valence-corrected chi connectivity index (χ4v) is 2.71. The topological polar surface area (TPSA) is 101 Å². The van der Waals surface area contributed by atoms with E-state index in [4.69, 9.17) is 5.11 Å². The molecule has 0 saturated heterocycles. The predicted octanol–water partition coefficient (Wildman–Crippen LogP) is 0.979. The van der Waals surface area contributed by atoms with Crippen molar-refractivity contribution in [1.82, 2.24) is 14.3 Å². The first kappa shape index (κ1) is 16.6. The Morgan fingerprint density at radius 1 is 1.45 bits per heavy atom. The predicted molar refractivity (Wildman–Crippen MR) is 73.7 cm³/mol. The zero-order valence-corrected chi connectivity index (χ0v) is 12.8. The van der Waals surface area contributed by atoms with Gasteiger partial charge in [0.1, 0.15) is 0 Å². The Labute approximate surface area is 119 Å². The Morgan fingerprint density at radius 2 is 2.10 bits per heavy atom. The number of nitrogens with zero attached hydrogens (tertiary/aromatic N) is 2. The molecule has 0 amide bonds. The Morgan fingerprint density at radius 3 is 2.60 bits per heavy atom. The second kappa shape index (κ2) is 6.36. The number of sulfonamides is 1. The van der Waals surface area contributed by atoms with Crippen LogP contribution in [0.4, 0.5) is 0 Å². The molecule has 1 heterocycles. The lowest BCUT2D eigenvalue weighted by Gasteiger charge is -2.23.